The van der Waals surface area contributed by atoms with Crippen LogP contribution in [0.4, 0.5) is 4.39 Å². The van der Waals surface area contributed by atoms with E-state index >= 15 is 0 Å². The van der Waals surface area contributed by atoms with Crippen molar-refractivity contribution in [1.82, 2.24) is 0 Å². The quantitative estimate of drug-likeness (QED) is 0.208. The number of hydrogen-bond acceptors (Lipinski definition) is 0. The zero-order valence-corrected chi connectivity index (χ0v) is 13.4. The van der Waals surface area contributed by atoms with Gasteiger partial charge in [0.15, 0.2) is 0 Å². The summed E-state index contributed by atoms with van der Waals surface area (Å²) >= 11 is 0. The minimum Gasteiger partial charge on any atom is -0.207 e. The van der Waals surface area contributed by atoms with Crippen LogP contribution in [-0.4, -0.2) is 0 Å². The monoisotopic (exact) mass is 320 g/mol. The highest BCUT2D eigenvalue weighted by Crippen LogP contribution is 2.43. The van der Waals surface area contributed by atoms with Gasteiger partial charge in [0, 0.05) is 0 Å². The van der Waals surface area contributed by atoms with Crippen molar-refractivity contribution in [1.29, 1.82) is 0 Å². The van der Waals surface area contributed by atoms with Gasteiger partial charge in [0.1, 0.15) is 5.82 Å². The first kappa shape index (κ1) is 13.1. The van der Waals surface area contributed by atoms with Crippen LogP contribution in [0.1, 0.15) is 0 Å². The first-order valence-corrected chi connectivity index (χ1v) is 8.49. The van der Waals surface area contributed by atoms with Gasteiger partial charge in [-0.1, -0.05) is 60.7 Å². The van der Waals surface area contributed by atoms with Gasteiger partial charge in [0.2, 0.25) is 0 Å². The van der Waals surface area contributed by atoms with Gasteiger partial charge >= 0.3 is 0 Å². The zero-order chi connectivity index (χ0) is 16.5. The third-order valence-corrected chi connectivity index (χ3v) is 5.41. The van der Waals surface area contributed by atoms with Crippen molar-refractivity contribution in [2.75, 3.05) is 0 Å². The van der Waals surface area contributed by atoms with Crippen LogP contribution >= 0.6 is 0 Å². The van der Waals surface area contributed by atoms with Gasteiger partial charge in [-0.25, -0.2) is 4.39 Å². The highest BCUT2D eigenvalue weighted by atomic mass is 19.1. The molecule has 0 amide bonds. The van der Waals surface area contributed by atoms with E-state index in [-0.39, 0.29) is 5.82 Å². The standard InChI is InChI=1S/C24H13F/c25-17-10-11-19-20-7-3-5-14-8-9-16-12-15-4-1-2-6-18(15)24(21(19)13-17)23(16)22(14)20/h1-13H. The maximum Gasteiger partial charge on any atom is 0.123 e. The Labute approximate surface area is 143 Å². The molecule has 116 valence electrons. The zero-order valence-electron chi connectivity index (χ0n) is 13.4. The van der Waals surface area contributed by atoms with Crippen molar-refractivity contribution in [3.8, 4) is 0 Å². The molecular formula is C24H13F. The maximum atomic E-state index is 14.1. The second-order valence-electron chi connectivity index (χ2n) is 6.73. The Balaban J connectivity index is 2.13. The van der Waals surface area contributed by atoms with Gasteiger partial charge in [-0.15, -0.1) is 0 Å². The summed E-state index contributed by atoms with van der Waals surface area (Å²) in [6, 6.07) is 26.6. The molecule has 6 aromatic rings. The highest BCUT2D eigenvalue weighted by molar-refractivity contribution is 6.38. The van der Waals surface area contributed by atoms with Crippen LogP contribution < -0.4 is 0 Å². The first-order valence-electron chi connectivity index (χ1n) is 8.49. The van der Waals surface area contributed by atoms with Crippen LogP contribution in [0.3, 0.4) is 0 Å². The van der Waals surface area contributed by atoms with E-state index in [2.05, 4.69) is 60.7 Å². The molecule has 1 heteroatoms. The van der Waals surface area contributed by atoms with E-state index in [9.17, 15) is 4.39 Å². The molecule has 0 unspecified atom stereocenters. The topological polar surface area (TPSA) is 0 Å². The minimum absolute atomic E-state index is 0.189. The van der Waals surface area contributed by atoms with Gasteiger partial charge in [0.25, 0.3) is 0 Å². The normalized spacial score (nSPS) is 12.2. The highest BCUT2D eigenvalue weighted by Gasteiger charge is 2.15. The molecule has 0 fully saturated rings. The van der Waals surface area contributed by atoms with Gasteiger partial charge in [-0.05, 0) is 72.1 Å². The summed E-state index contributed by atoms with van der Waals surface area (Å²) in [4.78, 5) is 0. The van der Waals surface area contributed by atoms with Crippen LogP contribution in [-0.2, 0) is 0 Å². The van der Waals surface area contributed by atoms with Crippen molar-refractivity contribution < 1.29 is 4.39 Å². The predicted octanol–water partition coefficient (Wildman–Crippen LogP) is 7.03. The van der Waals surface area contributed by atoms with E-state index in [1.54, 1.807) is 12.1 Å². The molecule has 6 aromatic carbocycles. The number of fused-ring (bicyclic) bond motifs is 5. The molecule has 6 rings (SSSR count). The molecule has 0 aromatic heterocycles. The van der Waals surface area contributed by atoms with E-state index in [1.165, 1.54) is 37.7 Å². The lowest BCUT2D eigenvalue weighted by atomic mass is 9.87. The van der Waals surface area contributed by atoms with E-state index in [4.69, 9.17) is 0 Å². The Bertz CT molecular complexity index is 1440. The molecule has 0 atom stereocenters. The molecule has 0 nitrogen and oxygen atoms in total. The molecule has 25 heavy (non-hydrogen) atoms. The molecule has 0 radical (unpaired) electrons. The summed E-state index contributed by atoms with van der Waals surface area (Å²) in [5.74, 6) is -0.189. The second kappa shape index (κ2) is 4.46. The summed E-state index contributed by atoms with van der Waals surface area (Å²) in [6.45, 7) is 0. The third kappa shape index (κ3) is 1.60. The molecule has 0 aliphatic carbocycles. The SMILES string of the molecule is Fc1ccc2c3cccc4ccc5cc6ccccc6c(c2c1)c5c43. The van der Waals surface area contributed by atoms with Crippen LogP contribution in [0.5, 0.6) is 0 Å². The molecule has 0 saturated carbocycles. The van der Waals surface area contributed by atoms with E-state index in [1.807, 2.05) is 6.07 Å². The first-order chi connectivity index (χ1) is 12.3. The second-order valence-corrected chi connectivity index (χ2v) is 6.73. The van der Waals surface area contributed by atoms with Gasteiger partial charge in [0.05, 0.1) is 0 Å². The molecule has 0 saturated heterocycles. The molecule has 0 spiro atoms. The Morgan fingerprint density at radius 2 is 1.24 bits per heavy atom. The van der Waals surface area contributed by atoms with Gasteiger partial charge in [-0.3, -0.25) is 0 Å². The van der Waals surface area contributed by atoms with Gasteiger partial charge in [-0.2, -0.15) is 0 Å². The predicted molar refractivity (Wildman–Crippen MR) is 105 cm³/mol. The average molecular weight is 320 g/mol. The van der Waals surface area contributed by atoms with Gasteiger partial charge < -0.3 is 0 Å². The molecule has 0 N–H and O–H groups in total. The molecule has 0 aliphatic rings. The molecule has 0 aliphatic heterocycles. The van der Waals surface area contributed by atoms with Crippen molar-refractivity contribution in [2.45, 2.75) is 0 Å². The van der Waals surface area contributed by atoms with Crippen molar-refractivity contribution >= 4 is 53.9 Å². The Morgan fingerprint density at radius 1 is 0.440 bits per heavy atom. The van der Waals surface area contributed by atoms with Crippen LogP contribution in [0.15, 0.2) is 78.9 Å². The summed E-state index contributed by atoms with van der Waals surface area (Å²) in [6.07, 6.45) is 0. The van der Waals surface area contributed by atoms with Crippen LogP contribution in [0.2, 0.25) is 0 Å². The fourth-order valence-corrected chi connectivity index (χ4v) is 4.40. The molecule has 0 heterocycles. The average Bonchev–Trinajstić information content (AvgIpc) is 2.65. The fraction of sp³-hybridized carbons (Fsp3) is 0. The third-order valence-electron chi connectivity index (χ3n) is 5.41. The lowest BCUT2D eigenvalue weighted by molar-refractivity contribution is 0.630. The Hall–Kier alpha value is -3.19. The number of benzene rings is 6. The fourth-order valence-electron chi connectivity index (χ4n) is 4.40. The van der Waals surface area contributed by atoms with Crippen molar-refractivity contribution in [3.63, 3.8) is 0 Å². The number of rotatable bonds is 0. The van der Waals surface area contributed by atoms with Crippen molar-refractivity contribution in [3.05, 3.63) is 84.7 Å². The Morgan fingerprint density at radius 3 is 2.20 bits per heavy atom. The summed E-state index contributed by atoms with van der Waals surface area (Å²) in [5.41, 5.74) is 0. The molecule has 0 bridgehead atoms. The maximum absolute atomic E-state index is 14.1. The largest absolute Gasteiger partial charge is 0.207 e. The minimum atomic E-state index is -0.189. The summed E-state index contributed by atoms with van der Waals surface area (Å²) < 4.78 is 14.1. The van der Waals surface area contributed by atoms with Crippen LogP contribution in [0, 0.1) is 5.82 Å². The van der Waals surface area contributed by atoms with Crippen LogP contribution in [0.25, 0.3) is 53.9 Å². The Kier molecular flexibility index (Phi) is 2.34. The summed E-state index contributed by atoms with van der Waals surface area (Å²) in [7, 11) is 0. The molecular weight excluding hydrogens is 307 g/mol. The number of hydrogen-bond donors (Lipinski definition) is 0. The number of halogens is 1. The van der Waals surface area contributed by atoms with E-state index in [0.29, 0.717) is 0 Å². The summed E-state index contributed by atoms with van der Waals surface area (Å²) in [5, 5.41) is 11.8. The lowest BCUT2D eigenvalue weighted by Gasteiger charge is -2.16. The van der Waals surface area contributed by atoms with E-state index in [0.717, 1.165) is 16.2 Å². The van der Waals surface area contributed by atoms with E-state index < -0.39 is 0 Å². The van der Waals surface area contributed by atoms with Crippen molar-refractivity contribution in [2.24, 2.45) is 0 Å². The smallest absolute Gasteiger partial charge is 0.123 e. The lowest BCUT2D eigenvalue weighted by Crippen LogP contribution is -1.89.